The molecule has 0 N–H and O–H groups in total. The maximum absolute atomic E-state index is 12.4. The quantitative estimate of drug-likeness (QED) is 0.832. The molecule has 6 nitrogen and oxygen atoms in total. The molecule has 1 aliphatic heterocycles. The number of piperazine rings is 1. The van der Waals surface area contributed by atoms with E-state index in [-0.39, 0.29) is 5.91 Å². The van der Waals surface area contributed by atoms with E-state index in [9.17, 15) is 4.79 Å². The summed E-state index contributed by atoms with van der Waals surface area (Å²) in [6.45, 7) is 2.98. The van der Waals surface area contributed by atoms with Gasteiger partial charge >= 0.3 is 0 Å². The van der Waals surface area contributed by atoms with Crippen molar-refractivity contribution in [1.29, 1.82) is 0 Å². The Morgan fingerprint density at radius 2 is 1.92 bits per heavy atom. The van der Waals surface area contributed by atoms with Crippen LogP contribution in [0.3, 0.4) is 0 Å². The summed E-state index contributed by atoms with van der Waals surface area (Å²) in [4.78, 5) is 16.5. The Labute approximate surface area is 151 Å². The first-order valence-corrected chi connectivity index (χ1v) is 8.61. The molecule has 2 aromatic rings. The van der Waals surface area contributed by atoms with Crippen LogP contribution < -0.4 is 4.90 Å². The average Bonchev–Trinajstić information content (AvgIpc) is 3.00. The monoisotopic (exact) mass is 367 g/mol. The number of amides is 1. The van der Waals surface area contributed by atoms with E-state index in [1.54, 1.807) is 12.4 Å². The number of benzene rings is 1. The molecule has 1 fully saturated rings. The Bertz CT molecular complexity index is 725. The SMILES string of the molecule is Cn1cnnc1CCC(=O)N1CCN(c2ccc(Cl)c(Cl)c2)CC1. The predicted octanol–water partition coefficient (Wildman–Crippen LogP) is 2.40. The van der Waals surface area contributed by atoms with E-state index < -0.39 is 0 Å². The van der Waals surface area contributed by atoms with E-state index in [0.29, 0.717) is 36.0 Å². The summed E-state index contributed by atoms with van der Waals surface area (Å²) >= 11 is 12.0. The van der Waals surface area contributed by atoms with Crippen LogP contribution in [0, 0.1) is 0 Å². The number of halogens is 2. The molecule has 1 amide bonds. The Morgan fingerprint density at radius 1 is 1.17 bits per heavy atom. The normalized spacial score (nSPS) is 15.0. The van der Waals surface area contributed by atoms with Crippen molar-refractivity contribution in [2.75, 3.05) is 31.1 Å². The van der Waals surface area contributed by atoms with E-state index >= 15 is 0 Å². The highest BCUT2D eigenvalue weighted by molar-refractivity contribution is 6.42. The summed E-state index contributed by atoms with van der Waals surface area (Å²) in [5, 5.41) is 8.95. The molecular weight excluding hydrogens is 349 g/mol. The third kappa shape index (κ3) is 3.82. The van der Waals surface area contributed by atoms with E-state index in [0.717, 1.165) is 24.6 Å². The third-order valence-corrected chi connectivity index (χ3v) is 5.01. The minimum atomic E-state index is 0.159. The molecule has 24 heavy (non-hydrogen) atoms. The molecule has 1 saturated heterocycles. The second-order valence-corrected chi connectivity index (χ2v) is 6.64. The fourth-order valence-corrected chi connectivity index (χ4v) is 3.10. The lowest BCUT2D eigenvalue weighted by Crippen LogP contribution is -2.48. The van der Waals surface area contributed by atoms with Gasteiger partial charge in [-0.15, -0.1) is 10.2 Å². The van der Waals surface area contributed by atoms with Gasteiger partial charge in [0.15, 0.2) is 0 Å². The molecule has 0 unspecified atom stereocenters. The number of aryl methyl sites for hydroxylation is 2. The molecule has 0 bridgehead atoms. The highest BCUT2D eigenvalue weighted by Crippen LogP contribution is 2.27. The van der Waals surface area contributed by atoms with Gasteiger partial charge in [-0.05, 0) is 18.2 Å². The first-order valence-electron chi connectivity index (χ1n) is 7.85. The zero-order valence-electron chi connectivity index (χ0n) is 13.5. The molecule has 1 aromatic heterocycles. The molecule has 3 rings (SSSR count). The van der Waals surface area contributed by atoms with Crippen LogP contribution >= 0.6 is 23.2 Å². The molecule has 2 heterocycles. The van der Waals surface area contributed by atoms with Crippen molar-refractivity contribution < 1.29 is 4.79 Å². The molecule has 0 radical (unpaired) electrons. The third-order valence-electron chi connectivity index (χ3n) is 4.27. The van der Waals surface area contributed by atoms with Crippen molar-refractivity contribution in [2.24, 2.45) is 7.05 Å². The van der Waals surface area contributed by atoms with Gasteiger partial charge in [0.1, 0.15) is 12.2 Å². The molecule has 0 aliphatic carbocycles. The van der Waals surface area contributed by atoms with E-state index in [1.807, 2.05) is 28.6 Å². The van der Waals surface area contributed by atoms with Crippen molar-refractivity contribution in [3.05, 3.63) is 40.4 Å². The predicted molar refractivity (Wildman–Crippen MR) is 94.6 cm³/mol. The van der Waals surface area contributed by atoms with Crippen molar-refractivity contribution in [3.8, 4) is 0 Å². The van der Waals surface area contributed by atoms with Gasteiger partial charge in [0.25, 0.3) is 0 Å². The first-order chi connectivity index (χ1) is 11.5. The summed E-state index contributed by atoms with van der Waals surface area (Å²) in [5.74, 6) is 0.990. The smallest absolute Gasteiger partial charge is 0.223 e. The van der Waals surface area contributed by atoms with Crippen LogP contribution in [-0.2, 0) is 18.3 Å². The van der Waals surface area contributed by atoms with Gasteiger partial charge < -0.3 is 14.4 Å². The number of anilines is 1. The zero-order chi connectivity index (χ0) is 17.1. The maximum Gasteiger partial charge on any atom is 0.223 e. The van der Waals surface area contributed by atoms with E-state index in [1.165, 1.54) is 0 Å². The first kappa shape index (κ1) is 17.0. The Hall–Kier alpha value is -1.79. The molecule has 0 spiro atoms. The van der Waals surface area contributed by atoms with Crippen LogP contribution in [0.15, 0.2) is 24.5 Å². The molecule has 0 saturated carbocycles. The summed E-state index contributed by atoms with van der Waals surface area (Å²) in [6, 6.07) is 5.63. The standard InChI is InChI=1S/C16H19Cl2N5O/c1-21-11-19-20-15(21)4-5-16(24)23-8-6-22(7-9-23)12-2-3-13(17)14(18)10-12/h2-3,10-11H,4-9H2,1H3. The van der Waals surface area contributed by atoms with Crippen LogP contribution in [-0.4, -0.2) is 51.8 Å². The molecule has 0 atom stereocenters. The number of nitrogens with zero attached hydrogens (tertiary/aromatic N) is 5. The van der Waals surface area contributed by atoms with Crippen molar-refractivity contribution >= 4 is 34.8 Å². The van der Waals surface area contributed by atoms with Gasteiger partial charge in [-0.2, -0.15) is 0 Å². The fraction of sp³-hybridized carbons (Fsp3) is 0.438. The van der Waals surface area contributed by atoms with Gasteiger partial charge in [-0.1, -0.05) is 23.2 Å². The van der Waals surface area contributed by atoms with Crippen LogP contribution in [0.4, 0.5) is 5.69 Å². The number of rotatable bonds is 4. The molecule has 1 aromatic carbocycles. The second-order valence-electron chi connectivity index (χ2n) is 5.82. The minimum Gasteiger partial charge on any atom is -0.368 e. The van der Waals surface area contributed by atoms with Gasteiger partial charge in [0.2, 0.25) is 5.91 Å². The lowest BCUT2D eigenvalue weighted by atomic mass is 10.2. The lowest BCUT2D eigenvalue weighted by Gasteiger charge is -2.36. The summed E-state index contributed by atoms with van der Waals surface area (Å²) in [5.41, 5.74) is 1.04. The highest BCUT2D eigenvalue weighted by Gasteiger charge is 2.21. The number of aromatic nitrogens is 3. The molecule has 8 heteroatoms. The largest absolute Gasteiger partial charge is 0.368 e. The topological polar surface area (TPSA) is 54.3 Å². The number of carbonyl (C=O) groups is 1. The fourth-order valence-electron chi connectivity index (χ4n) is 2.81. The molecular formula is C16H19Cl2N5O. The van der Waals surface area contributed by atoms with Crippen LogP contribution in [0.5, 0.6) is 0 Å². The average molecular weight is 368 g/mol. The van der Waals surface area contributed by atoms with E-state index in [2.05, 4.69) is 15.1 Å². The van der Waals surface area contributed by atoms with Gasteiger partial charge in [-0.25, -0.2) is 0 Å². The summed E-state index contributed by atoms with van der Waals surface area (Å²) < 4.78 is 1.84. The van der Waals surface area contributed by atoms with Crippen molar-refractivity contribution in [1.82, 2.24) is 19.7 Å². The minimum absolute atomic E-state index is 0.159. The van der Waals surface area contributed by atoms with Crippen LogP contribution in [0.25, 0.3) is 0 Å². The summed E-state index contributed by atoms with van der Waals surface area (Å²) in [6.07, 6.45) is 2.72. The van der Waals surface area contributed by atoms with Crippen LogP contribution in [0.1, 0.15) is 12.2 Å². The maximum atomic E-state index is 12.4. The number of hydrogen-bond donors (Lipinski definition) is 0. The number of hydrogen-bond acceptors (Lipinski definition) is 4. The molecule has 128 valence electrons. The van der Waals surface area contributed by atoms with Gasteiger partial charge in [-0.3, -0.25) is 4.79 Å². The second kappa shape index (κ2) is 7.40. The summed E-state index contributed by atoms with van der Waals surface area (Å²) in [7, 11) is 1.88. The Kier molecular flexibility index (Phi) is 5.26. The Morgan fingerprint density at radius 3 is 2.54 bits per heavy atom. The van der Waals surface area contributed by atoms with E-state index in [4.69, 9.17) is 23.2 Å². The van der Waals surface area contributed by atoms with Crippen molar-refractivity contribution in [3.63, 3.8) is 0 Å². The zero-order valence-corrected chi connectivity index (χ0v) is 15.0. The van der Waals surface area contributed by atoms with Gasteiger partial charge in [0, 0.05) is 51.8 Å². The Balaban J connectivity index is 1.51. The number of carbonyl (C=O) groups excluding carboxylic acids is 1. The lowest BCUT2D eigenvalue weighted by molar-refractivity contribution is -0.131. The van der Waals surface area contributed by atoms with Crippen LogP contribution in [0.2, 0.25) is 10.0 Å². The van der Waals surface area contributed by atoms with Crippen molar-refractivity contribution in [2.45, 2.75) is 12.8 Å². The van der Waals surface area contributed by atoms with Gasteiger partial charge in [0.05, 0.1) is 10.0 Å². The highest BCUT2D eigenvalue weighted by atomic mass is 35.5. The molecule has 1 aliphatic rings.